The summed E-state index contributed by atoms with van der Waals surface area (Å²) in [6.45, 7) is 0. The first-order valence-corrected chi connectivity index (χ1v) is 5.51. The van der Waals surface area contributed by atoms with Gasteiger partial charge in [0.15, 0.2) is 0 Å². The standard InChI is InChI=1S/9CH2O3.4Ce.9FH.4La.4Nd.9H2O/c9*2-1(3)4;;;;;;;;;;;;;;;;;;;;;;;;;;;;;;/h9*(H2,2,3,4);;;;;9*1H;;;;;;;;;9*1H2/q;;;;;;;;;4*+3;;;;;;;;;;8*+3;;;;;;;;;/p-36. The minimum atomic E-state index is -2.33. The van der Waals surface area contributed by atoms with Crippen molar-refractivity contribution >= 4 is 55.4 Å². The van der Waals surface area contributed by atoms with Gasteiger partial charge in [0, 0.05) is 0 Å². The van der Waals surface area contributed by atoms with Crippen LogP contribution in [0, 0.1) is 473 Å². The second-order valence-electron chi connectivity index (χ2n) is 2.25. The van der Waals surface area contributed by atoms with Crippen molar-refractivity contribution in [1.29, 1.82) is 0 Å². The smallest absolute Gasteiger partial charge is 1.00 e. The maximum absolute atomic E-state index is 8.33. The van der Waals surface area contributed by atoms with E-state index < -0.39 is 55.4 Å². The van der Waals surface area contributed by atoms with Crippen molar-refractivity contribution in [3.05, 3.63) is 0 Å². The molecule has 0 saturated carbocycles. The number of rotatable bonds is 0. The van der Waals surface area contributed by atoms with Crippen molar-refractivity contribution in [3.8, 4) is 0 Å². The molecule has 0 unspecified atom stereocenters. The second-order valence-corrected chi connectivity index (χ2v) is 2.25. The largest absolute Gasteiger partial charge is 3.00 e. The van der Waals surface area contributed by atoms with Crippen LogP contribution in [0.1, 0.15) is 0 Å². The maximum Gasteiger partial charge on any atom is 3.00 e. The van der Waals surface area contributed by atoms with Gasteiger partial charge in [0.2, 0.25) is 0 Å². The molecule has 0 atom stereocenters. The van der Waals surface area contributed by atoms with E-state index in [4.69, 9.17) is 135 Å². The molecular weight excluding hydrogens is 2550 g/mol. The van der Waals surface area contributed by atoms with Gasteiger partial charge in [-0.05, 0) is 55.4 Å². The summed E-state index contributed by atoms with van der Waals surface area (Å²) in [7, 11) is 0. The molecule has 0 spiro atoms. The van der Waals surface area contributed by atoms with Gasteiger partial charge in [-0.25, -0.2) is 0 Å². The fourth-order valence-electron chi connectivity index (χ4n) is 0. The van der Waals surface area contributed by atoms with Gasteiger partial charge in [0.1, 0.15) is 0 Å². The third kappa shape index (κ3) is 5520. The Morgan fingerprint density at radius 3 is 0.167 bits per heavy atom. The van der Waals surface area contributed by atoms with Crippen LogP contribution >= 0.6 is 0 Å². The molecule has 0 fully saturated rings. The first kappa shape index (κ1) is 321. The van der Waals surface area contributed by atoms with Crippen LogP contribution in [0.25, 0.3) is 0 Å². The van der Waals surface area contributed by atoms with E-state index in [0.717, 1.165) is 0 Å². The average Bonchev–Trinajstić information content (AvgIpc) is 2.39. The predicted molar refractivity (Wildman–Crippen MR) is 66.0 cm³/mol. The molecule has 57 heteroatoms. The second kappa shape index (κ2) is 308. The summed E-state index contributed by atoms with van der Waals surface area (Å²) in [6.07, 6.45) is -21.0. The number of hydrogen-bond donors (Lipinski definition) is 0. The Bertz CT molecular complexity index is 510. The molecule has 9 N–H and O–H groups in total. The Kier molecular flexibility index (Phi) is 1500. The van der Waals surface area contributed by atoms with E-state index in [0.29, 0.717) is 0 Å². The van der Waals surface area contributed by atoms with Gasteiger partial charge in [-0.3, -0.25) is 0 Å². The summed E-state index contributed by atoms with van der Waals surface area (Å²) in [5.74, 6) is 0. The topological polar surface area (TPSA) is 839 Å². The maximum atomic E-state index is 8.33. The van der Waals surface area contributed by atoms with Crippen molar-refractivity contribution in [1.82, 2.24) is 0 Å². The zero-order valence-corrected chi connectivity index (χ0v) is 69.2. The molecule has 0 bridgehead atoms. The van der Waals surface area contributed by atoms with Crippen molar-refractivity contribution in [2.75, 3.05) is 0 Å². The van der Waals surface area contributed by atoms with E-state index in [9.17, 15) is 0 Å². The quantitative estimate of drug-likeness (QED) is 0.203. The molecule has 66 heavy (non-hydrogen) atoms. The van der Waals surface area contributed by atoms with Crippen molar-refractivity contribution < 1.29 is 699 Å². The Morgan fingerprint density at radius 2 is 0.167 bits per heavy atom. The Morgan fingerprint density at radius 1 is 0.167 bits per heavy atom. The monoisotopic (exact) mass is 2550 g/mol. The number of halogens is 9. The summed E-state index contributed by atoms with van der Waals surface area (Å²) >= 11 is 0. The SMILES string of the molecule is O=C([O-])[O-].O=C([O-])[O-].O=C([O-])[O-].O=C([O-])[O-].O=C([O-])[O-].O=C([O-])[O-].O=C([O-])[O-].O=C([O-])[O-].O=C([O-])[O-].[Ce+3].[Ce+3].[Ce+3].[Ce+3].[F-].[F-].[F-].[F-].[F-].[F-].[F-].[F-].[F-].[La+3].[La+3].[La+3].[La+3].[Nd+3].[Nd+3].[Nd+3].[Nd+3].[OH-].[OH-].[OH-].[OH-].[OH-].[OH-].[OH-].[OH-].[OH-]. The van der Waals surface area contributed by atoms with Crippen molar-refractivity contribution in [3.63, 3.8) is 0 Å². The summed E-state index contributed by atoms with van der Waals surface area (Å²) in [6, 6.07) is 0. The van der Waals surface area contributed by atoms with E-state index in [-0.39, 0.29) is 564 Å². The first-order valence-electron chi connectivity index (χ1n) is 5.51. The molecule has 0 aromatic rings. The molecule has 0 saturated heterocycles. The van der Waals surface area contributed by atoms with Gasteiger partial charge < -0.3 is 227 Å². The van der Waals surface area contributed by atoms with E-state index in [1.807, 2.05) is 0 Å². The summed E-state index contributed by atoms with van der Waals surface area (Å²) in [5, 5.41) is 150. The normalized spacial score (nSPS) is 3.27. The van der Waals surface area contributed by atoms with Crippen LogP contribution < -0.4 is 134 Å². The van der Waals surface area contributed by atoms with E-state index in [1.54, 1.807) is 0 Å². The van der Waals surface area contributed by atoms with Crippen molar-refractivity contribution in [2.24, 2.45) is 0 Å². The van der Waals surface area contributed by atoms with E-state index in [1.165, 1.54) is 0 Å². The molecular formula is C9H9Ce4F9La4Nd4O36. The molecule has 368 valence electrons. The van der Waals surface area contributed by atoms with Gasteiger partial charge in [0.25, 0.3) is 0 Å². The molecule has 0 amide bonds. The van der Waals surface area contributed by atoms with Crippen LogP contribution in [0.3, 0.4) is 0 Å². The zero-order chi connectivity index (χ0) is 32.2. The number of carboxylic acid groups (broad SMARTS) is 18. The average molecular weight is 2560 g/mol. The molecule has 0 aliphatic carbocycles. The fraction of sp³-hybridized carbons (Fsp3) is 0. The Labute approximate surface area is 735 Å². The third-order valence-corrected chi connectivity index (χ3v) is 0. The molecule has 36 nitrogen and oxygen atoms in total. The van der Waals surface area contributed by atoms with Crippen LogP contribution in [-0.2, 0) is 0 Å². The molecule has 0 heterocycles. The van der Waals surface area contributed by atoms with Crippen LogP contribution in [0.2, 0.25) is 0 Å². The number of carbonyl (C=O) groups is 9. The van der Waals surface area contributed by atoms with Gasteiger partial charge >= 0.3 is 473 Å². The summed E-state index contributed by atoms with van der Waals surface area (Å²) < 4.78 is 0. The summed E-state index contributed by atoms with van der Waals surface area (Å²) in [4.78, 5) is 75.0. The molecule has 0 rings (SSSR count). The van der Waals surface area contributed by atoms with E-state index in [2.05, 4.69) is 0 Å². The predicted octanol–water partition coefficient (Wildman–Crippen LogP) is -50.6. The molecule has 0 aliphatic heterocycles. The molecule has 0 aromatic carbocycles. The van der Waals surface area contributed by atoms with Crippen LogP contribution in [-0.4, -0.2) is 105 Å². The van der Waals surface area contributed by atoms with E-state index >= 15 is 0 Å². The first-order chi connectivity index (χ1) is 15.6. The number of hydrogen-bond acceptors (Lipinski definition) is 36. The van der Waals surface area contributed by atoms with Crippen LogP contribution in [0.5, 0.6) is 0 Å². The minimum Gasteiger partial charge on any atom is -1.00 e. The van der Waals surface area contributed by atoms with Gasteiger partial charge in [-0.1, -0.05) is 0 Å². The van der Waals surface area contributed by atoms with Gasteiger partial charge in [-0.15, -0.1) is 0 Å². The molecule has 8 radical (unpaired) electrons. The Hall–Kier alpha value is 8.13. The molecule has 0 aromatic heterocycles. The zero-order valence-electron chi connectivity index (χ0n) is 29.3. The molecule has 0 aliphatic rings. The third-order valence-electron chi connectivity index (χ3n) is 0. The van der Waals surface area contributed by atoms with Crippen molar-refractivity contribution in [2.45, 2.75) is 0 Å². The fourth-order valence-corrected chi connectivity index (χ4v) is 0. The van der Waals surface area contributed by atoms with Crippen LogP contribution in [0.15, 0.2) is 0 Å². The van der Waals surface area contributed by atoms with Gasteiger partial charge in [0.05, 0.1) is 0 Å². The Balaban J connectivity index is -0.00000000318. The number of carbonyl (C=O) groups excluding carboxylic acids is 9. The summed E-state index contributed by atoms with van der Waals surface area (Å²) in [5.41, 5.74) is 0. The minimum absolute atomic E-state index is 0. The van der Waals surface area contributed by atoms with Crippen LogP contribution in [0.4, 0.5) is 43.2 Å². The van der Waals surface area contributed by atoms with Gasteiger partial charge in [-0.2, -0.15) is 0 Å².